The molecule has 2 rings (SSSR count). The molecule has 0 radical (unpaired) electrons. The van der Waals surface area contributed by atoms with Crippen LogP contribution < -0.4 is 9.47 Å². The monoisotopic (exact) mass is 286 g/mol. The van der Waals surface area contributed by atoms with Gasteiger partial charge in [-0.15, -0.1) is 0 Å². The first-order valence-corrected chi connectivity index (χ1v) is 7.11. The first-order chi connectivity index (χ1) is 10.1. The van der Waals surface area contributed by atoms with Crippen LogP contribution in [0.15, 0.2) is 48.5 Å². The molecule has 3 nitrogen and oxygen atoms in total. The lowest BCUT2D eigenvalue weighted by Gasteiger charge is -2.29. The van der Waals surface area contributed by atoms with Gasteiger partial charge in [-0.1, -0.05) is 37.3 Å². The third kappa shape index (κ3) is 3.37. The van der Waals surface area contributed by atoms with E-state index in [2.05, 4.69) is 0 Å². The smallest absolute Gasteiger partial charge is 0.125 e. The highest BCUT2D eigenvalue weighted by Gasteiger charge is 2.31. The summed E-state index contributed by atoms with van der Waals surface area (Å²) in [7, 11) is 3.23. The van der Waals surface area contributed by atoms with Crippen molar-refractivity contribution in [2.24, 2.45) is 0 Å². The first-order valence-electron chi connectivity index (χ1n) is 7.11. The van der Waals surface area contributed by atoms with Gasteiger partial charge in [0.2, 0.25) is 0 Å². The van der Waals surface area contributed by atoms with Crippen molar-refractivity contribution in [1.82, 2.24) is 0 Å². The van der Waals surface area contributed by atoms with Gasteiger partial charge in [-0.05, 0) is 30.2 Å². The maximum Gasteiger partial charge on any atom is 0.125 e. The van der Waals surface area contributed by atoms with E-state index >= 15 is 0 Å². The molecule has 2 aromatic rings. The predicted octanol–water partition coefficient (Wildman–Crippen LogP) is 3.54. The zero-order chi connectivity index (χ0) is 15.3. The molecule has 1 N–H and O–H groups in total. The minimum absolute atomic E-state index is 0.536. The van der Waals surface area contributed by atoms with Gasteiger partial charge in [-0.25, -0.2) is 0 Å². The van der Waals surface area contributed by atoms with E-state index in [-0.39, 0.29) is 0 Å². The number of hydrogen-bond donors (Lipinski definition) is 1. The number of ether oxygens (including phenoxy) is 2. The summed E-state index contributed by atoms with van der Waals surface area (Å²) in [5.74, 6) is 1.39. The van der Waals surface area contributed by atoms with Crippen LogP contribution in [-0.2, 0) is 12.0 Å². The third-order valence-electron chi connectivity index (χ3n) is 3.83. The molecule has 0 fully saturated rings. The second-order valence-electron chi connectivity index (χ2n) is 5.11. The van der Waals surface area contributed by atoms with Crippen molar-refractivity contribution in [1.29, 1.82) is 0 Å². The number of benzene rings is 2. The average molecular weight is 286 g/mol. The van der Waals surface area contributed by atoms with Crippen molar-refractivity contribution in [3.8, 4) is 11.5 Å². The molecule has 0 heterocycles. The third-order valence-corrected chi connectivity index (χ3v) is 3.83. The predicted molar refractivity (Wildman–Crippen MR) is 83.9 cm³/mol. The van der Waals surface area contributed by atoms with Crippen molar-refractivity contribution in [3.63, 3.8) is 0 Å². The van der Waals surface area contributed by atoms with Gasteiger partial charge in [0.1, 0.15) is 11.5 Å². The van der Waals surface area contributed by atoms with E-state index in [1.165, 1.54) is 0 Å². The molecule has 1 atom stereocenters. The van der Waals surface area contributed by atoms with Gasteiger partial charge in [0.15, 0.2) is 0 Å². The summed E-state index contributed by atoms with van der Waals surface area (Å²) in [6, 6.07) is 15.5. The van der Waals surface area contributed by atoms with Crippen molar-refractivity contribution in [3.05, 3.63) is 59.7 Å². The number of methoxy groups -OCH3 is 2. The van der Waals surface area contributed by atoms with E-state index in [1.54, 1.807) is 14.2 Å². The zero-order valence-electron chi connectivity index (χ0n) is 12.8. The van der Waals surface area contributed by atoms with Gasteiger partial charge in [-0.3, -0.25) is 0 Å². The Balaban J connectivity index is 2.43. The fourth-order valence-corrected chi connectivity index (χ4v) is 2.52. The second-order valence-corrected chi connectivity index (χ2v) is 5.11. The highest BCUT2D eigenvalue weighted by atomic mass is 16.5. The van der Waals surface area contributed by atoms with Crippen LogP contribution in [0.4, 0.5) is 0 Å². The van der Waals surface area contributed by atoms with Gasteiger partial charge >= 0.3 is 0 Å². The Bertz CT molecular complexity index is 580. The molecule has 0 saturated heterocycles. The largest absolute Gasteiger partial charge is 0.497 e. The van der Waals surface area contributed by atoms with Crippen LogP contribution in [-0.4, -0.2) is 19.3 Å². The van der Waals surface area contributed by atoms with Crippen LogP contribution in [0.1, 0.15) is 24.5 Å². The van der Waals surface area contributed by atoms with E-state index in [9.17, 15) is 5.11 Å². The van der Waals surface area contributed by atoms with E-state index in [0.29, 0.717) is 24.3 Å². The quantitative estimate of drug-likeness (QED) is 0.882. The van der Waals surface area contributed by atoms with E-state index < -0.39 is 5.60 Å². The minimum atomic E-state index is -0.985. The summed E-state index contributed by atoms with van der Waals surface area (Å²) in [4.78, 5) is 0. The van der Waals surface area contributed by atoms with Crippen molar-refractivity contribution in [2.75, 3.05) is 14.2 Å². The fraction of sp³-hybridized carbons (Fsp3) is 0.333. The van der Waals surface area contributed by atoms with Gasteiger partial charge in [0.25, 0.3) is 0 Å². The standard InChI is InChI=1S/C18H22O3/c1-4-18(19,13-14-8-6-5-7-9-14)16-12-15(20-2)10-11-17(16)21-3/h5-12,19H,4,13H2,1-3H3. The number of rotatable bonds is 6. The molecule has 1 unspecified atom stereocenters. The molecule has 0 aromatic heterocycles. The normalized spacial score (nSPS) is 13.5. The van der Waals surface area contributed by atoms with E-state index in [4.69, 9.17) is 9.47 Å². The Hall–Kier alpha value is -2.00. The molecule has 21 heavy (non-hydrogen) atoms. The Morgan fingerprint density at radius 3 is 2.29 bits per heavy atom. The van der Waals surface area contributed by atoms with E-state index in [1.807, 2.05) is 55.5 Å². The maximum atomic E-state index is 11.1. The number of hydrogen-bond acceptors (Lipinski definition) is 3. The first kappa shape index (κ1) is 15.4. The van der Waals surface area contributed by atoms with Crippen LogP contribution in [0.3, 0.4) is 0 Å². The fourth-order valence-electron chi connectivity index (χ4n) is 2.52. The highest BCUT2D eigenvalue weighted by Crippen LogP contribution is 2.37. The molecule has 0 spiro atoms. The van der Waals surface area contributed by atoms with Crippen LogP contribution in [0, 0.1) is 0 Å². The lowest BCUT2D eigenvalue weighted by molar-refractivity contribution is 0.0301. The Labute approximate surface area is 126 Å². The van der Waals surface area contributed by atoms with Gasteiger partial charge in [0, 0.05) is 12.0 Å². The number of aliphatic hydroxyl groups is 1. The molecular weight excluding hydrogens is 264 g/mol. The molecule has 0 bridgehead atoms. The molecule has 0 amide bonds. The summed E-state index contributed by atoms with van der Waals surface area (Å²) in [5.41, 5.74) is 0.865. The molecule has 0 aliphatic rings. The highest BCUT2D eigenvalue weighted by molar-refractivity contribution is 5.44. The van der Waals surface area contributed by atoms with Gasteiger partial charge in [-0.2, -0.15) is 0 Å². The molecule has 112 valence electrons. The zero-order valence-corrected chi connectivity index (χ0v) is 12.8. The van der Waals surface area contributed by atoms with Crippen molar-refractivity contribution < 1.29 is 14.6 Å². The Morgan fingerprint density at radius 2 is 1.71 bits per heavy atom. The minimum Gasteiger partial charge on any atom is -0.497 e. The lowest BCUT2D eigenvalue weighted by atomic mass is 9.84. The van der Waals surface area contributed by atoms with Crippen LogP contribution in [0.2, 0.25) is 0 Å². The second kappa shape index (κ2) is 6.64. The van der Waals surface area contributed by atoms with Crippen molar-refractivity contribution >= 4 is 0 Å². The summed E-state index contributed by atoms with van der Waals surface area (Å²) < 4.78 is 10.7. The van der Waals surface area contributed by atoms with Gasteiger partial charge in [0.05, 0.1) is 19.8 Å². The SMILES string of the molecule is CCC(O)(Cc1ccccc1)c1cc(OC)ccc1OC. The summed E-state index contributed by atoms with van der Waals surface area (Å²) in [6.07, 6.45) is 1.12. The Kier molecular flexibility index (Phi) is 4.86. The molecule has 3 heteroatoms. The molecule has 0 saturated carbocycles. The lowest BCUT2D eigenvalue weighted by Crippen LogP contribution is -2.28. The molecule has 0 aliphatic heterocycles. The van der Waals surface area contributed by atoms with Crippen LogP contribution in [0.25, 0.3) is 0 Å². The molecule has 0 aliphatic carbocycles. The van der Waals surface area contributed by atoms with E-state index in [0.717, 1.165) is 11.1 Å². The maximum absolute atomic E-state index is 11.1. The summed E-state index contributed by atoms with van der Waals surface area (Å²) in [6.45, 7) is 1.97. The summed E-state index contributed by atoms with van der Waals surface area (Å²) >= 11 is 0. The van der Waals surface area contributed by atoms with Crippen LogP contribution in [0.5, 0.6) is 11.5 Å². The Morgan fingerprint density at radius 1 is 1.00 bits per heavy atom. The summed E-state index contributed by atoms with van der Waals surface area (Å²) in [5, 5.41) is 11.1. The van der Waals surface area contributed by atoms with Crippen molar-refractivity contribution in [2.45, 2.75) is 25.4 Å². The topological polar surface area (TPSA) is 38.7 Å². The van der Waals surface area contributed by atoms with Gasteiger partial charge < -0.3 is 14.6 Å². The molecule has 2 aromatic carbocycles. The van der Waals surface area contributed by atoms with Crippen LogP contribution >= 0.6 is 0 Å². The average Bonchev–Trinajstić information content (AvgIpc) is 2.55. The molecular formula is C18H22O3.